The van der Waals surface area contributed by atoms with E-state index in [1.165, 1.54) is 193 Å². The van der Waals surface area contributed by atoms with Gasteiger partial charge in [-0.3, -0.25) is 0 Å². The van der Waals surface area contributed by atoms with Crippen molar-refractivity contribution >= 4 is 90.7 Å². The van der Waals surface area contributed by atoms with Gasteiger partial charge in [0.1, 0.15) is 0 Å². The molecule has 17 aromatic rings. The van der Waals surface area contributed by atoms with Gasteiger partial charge in [-0.05, 0) is 304 Å². The van der Waals surface area contributed by atoms with Crippen molar-refractivity contribution in [2.75, 3.05) is 0 Å². The molecule has 7 N–H and O–H groups in total. The number of aliphatic hydroxyl groups excluding tert-OH is 7. The van der Waals surface area contributed by atoms with Crippen LogP contribution < -0.4 is 0 Å². The van der Waals surface area contributed by atoms with Crippen LogP contribution in [0.4, 0.5) is 0 Å². The van der Waals surface area contributed by atoms with Gasteiger partial charge in [-0.15, -0.1) is 90.7 Å². The molecule has 762 valence electrons. The van der Waals surface area contributed by atoms with E-state index in [0.29, 0.717) is 95.7 Å². The number of fused-ring (bicyclic) bond motifs is 25. The zero-order chi connectivity index (χ0) is 98.6. The summed E-state index contributed by atoms with van der Waals surface area (Å²) < 4.78 is 18.6. The topological polar surface area (TPSA) is 284 Å². The Morgan fingerprint density at radius 2 is 0.367 bits per heavy atom. The fraction of sp³-hybridized carbons (Fsp3) is 0.466. The molecule has 23 nitrogen and oxygen atoms in total. The lowest BCUT2D eigenvalue weighted by molar-refractivity contribution is 0.0889. The second-order valence-electron chi connectivity index (χ2n) is 44.0. The van der Waals surface area contributed by atoms with Gasteiger partial charge in [-0.2, -0.15) is 0 Å². The smallest absolute Gasteiger partial charge is 0.0957 e. The molecule has 16 aromatic heterocycles. The third kappa shape index (κ3) is 18.1. The molecule has 8 aliphatic carbocycles. The Bertz CT molecular complexity index is 6060. The standard InChI is InChI=1S/C18H16N2S.7C14H16N2OS/c1-2-4-13-9-14(6-5-12(13)3-1)17-18-15(7-8-21-18)16-10-19-11-20(16)17;7*17-10-3-1-2-9(6-10)13-14-11(4-5-18-14)12-7-15-8-16(12)13/h1-4,7-8,10-11,14,17H,5-6,9H2;7*4-5,7-10,13,17H,1-3,6H2/t14?,17-;2*9?,10-,13+;9?,10-,13-;2*9-,10+,13-;2*9-,10-,13-/m01011010/s1. The van der Waals surface area contributed by atoms with Gasteiger partial charge in [0, 0.05) is 83.5 Å². The maximum absolute atomic E-state index is 9.92. The minimum atomic E-state index is -0.111. The first-order chi connectivity index (χ1) is 72.3. The molecule has 0 saturated heterocycles. The zero-order valence-corrected chi connectivity index (χ0v) is 89.1. The molecule has 147 heavy (non-hydrogen) atoms. The number of aliphatic hydroxyl groups is 7. The summed E-state index contributed by atoms with van der Waals surface area (Å²) in [4.78, 5) is 46.2. The van der Waals surface area contributed by atoms with Crippen LogP contribution in [-0.4, -0.2) is 155 Å². The Labute approximate surface area is 889 Å². The summed E-state index contributed by atoms with van der Waals surface area (Å²) in [6.45, 7) is 0. The molecule has 7 fully saturated rings. The highest BCUT2D eigenvalue weighted by Gasteiger charge is 2.47. The Morgan fingerprint density at radius 3 is 0.544 bits per heavy atom. The third-order valence-corrected chi connectivity index (χ3v) is 43.3. The molecule has 0 bridgehead atoms. The molecule has 0 spiro atoms. The molecule has 0 radical (unpaired) electrons. The van der Waals surface area contributed by atoms with Crippen molar-refractivity contribution in [3.05, 3.63) is 266 Å². The molecule has 4 unspecified atom stereocenters. The van der Waals surface area contributed by atoms with Crippen LogP contribution in [0.3, 0.4) is 0 Å². The van der Waals surface area contributed by atoms with Gasteiger partial charge >= 0.3 is 0 Å². The van der Waals surface area contributed by atoms with Gasteiger partial charge in [-0.1, -0.05) is 69.2 Å². The molecule has 7 saturated carbocycles. The predicted octanol–water partition coefficient (Wildman–Crippen LogP) is 25.8. The minimum Gasteiger partial charge on any atom is -0.393 e. The van der Waals surface area contributed by atoms with Crippen molar-refractivity contribution in [1.82, 2.24) is 76.4 Å². The Kier molecular flexibility index (Phi) is 27.5. The van der Waals surface area contributed by atoms with Crippen LogP contribution >= 0.6 is 90.7 Å². The number of rotatable bonds is 8. The molecule has 24 heterocycles. The number of imidazole rings is 8. The molecule has 8 aliphatic heterocycles. The monoisotopic (exact) mass is 2110 g/mol. The summed E-state index contributed by atoms with van der Waals surface area (Å²) in [6.07, 6.45) is 64.2. The van der Waals surface area contributed by atoms with E-state index >= 15 is 0 Å². The molecule has 31 heteroatoms. The zero-order valence-electron chi connectivity index (χ0n) is 82.5. The summed E-state index contributed by atoms with van der Waals surface area (Å²) in [6, 6.07) is 30.0. The molecule has 23 atom stereocenters. The summed E-state index contributed by atoms with van der Waals surface area (Å²) in [5, 5.41) is 86.9. The minimum absolute atomic E-state index is 0.111. The highest BCUT2D eigenvalue weighted by Crippen LogP contribution is 2.59. The van der Waals surface area contributed by atoms with E-state index in [1.54, 1.807) is 11.1 Å². The fourth-order valence-corrected chi connectivity index (χ4v) is 37.7. The first-order valence-electron chi connectivity index (χ1n) is 53.9. The second kappa shape index (κ2) is 41.8. The van der Waals surface area contributed by atoms with Crippen molar-refractivity contribution in [1.29, 1.82) is 0 Å². The van der Waals surface area contributed by atoms with Gasteiger partial charge in [-0.25, -0.2) is 39.9 Å². The number of benzene rings is 1. The molecule has 33 rings (SSSR count). The molecular formula is C116H128N16O7S8. The van der Waals surface area contributed by atoms with E-state index in [2.05, 4.69) is 192 Å². The maximum atomic E-state index is 9.92. The summed E-state index contributed by atoms with van der Waals surface area (Å²) in [7, 11) is 0. The Balaban J connectivity index is 0.0000000852. The summed E-state index contributed by atoms with van der Waals surface area (Å²) in [5.41, 5.74) is 24.0. The van der Waals surface area contributed by atoms with Crippen LogP contribution in [0.5, 0.6) is 0 Å². The molecule has 1 aromatic carbocycles. The van der Waals surface area contributed by atoms with Gasteiger partial charge in [0.2, 0.25) is 0 Å². The Hall–Kier alpha value is -9.78. The first-order valence-corrected chi connectivity index (χ1v) is 61.0. The average Bonchev–Trinajstić information content (AvgIpc) is 1.60. The maximum Gasteiger partial charge on any atom is 0.0957 e. The van der Waals surface area contributed by atoms with Crippen LogP contribution in [0.2, 0.25) is 0 Å². The van der Waals surface area contributed by atoms with Crippen LogP contribution in [-0.2, 0) is 12.8 Å². The largest absolute Gasteiger partial charge is 0.393 e. The fourth-order valence-electron chi connectivity index (χ4n) is 28.9. The van der Waals surface area contributed by atoms with Crippen molar-refractivity contribution < 1.29 is 35.7 Å². The quantitative estimate of drug-likeness (QED) is 0.0744. The van der Waals surface area contributed by atoms with Crippen molar-refractivity contribution in [3.8, 4) is 90.1 Å². The van der Waals surface area contributed by atoms with E-state index < -0.39 is 0 Å². The van der Waals surface area contributed by atoms with E-state index in [9.17, 15) is 35.7 Å². The lowest BCUT2D eigenvalue weighted by atomic mass is 9.80. The summed E-state index contributed by atoms with van der Waals surface area (Å²) in [5.74, 6) is 4.59. The van der Waals surface area contributed by atoms with Crippen LogP contribution in [0, 0.1) is 47.3 Å². The van der Waals surface area contributed by atoms with E-state index in [4.69, 9.17) is 0 Å². The van der Waals surface area contributed by atoms with Crippen LogP contribution in [0.25, 0.3) is 90.1 Å². The highest BCUT2D eigenvalue weighted by atomic mass is 32.1. The number of nitrogens with zero attached hydrogens (tertiary/aromatic N) is 16. The average molecular weight is 2110 g/mol. The highest BCUT2D eigenvalue weighted by molar-refractivity contribution is 7.12. The van der Waals surface area contributed by atoms with Crippen LogP contribution in [0.15, 0.2) is 216 Å². The molecular weight excluding hydrogens is 1990 g/mol. The van der Waals surface area contributed by atoms with Gasteiger partial charge in [0.05, 0.1) is 237 Å². The third-order valence-electron chi connectivity index (χ3n) is 35.4. The van der Waals surface area contributed by atoms with Crippen molar-refractivity contribution in [2.24, 2.45) is 47.3 Å². The number of thiophene rings is 8. The van der Waals surface area contributed by atoms with Crippen molar-refractivity contribution in [3.63, 3.8) is 0 Å². The Morgan fingerprint density at radius 1 is 0.197 bits per heavy atom. The number of hydrogen-bond donors (Lipinski definition) is 7. The molecule has 0 amide bonds. The normalized spacial score (nSPS) is 29.1. The van der Waals surface area contributed by atoms with Crippen LogP contribution in [0.1, 0.15) is 285 Å². The van der Waals surface area contributed by atoms with Gasteiger partial charge < -0.3 is 72.3 Å². The van der Waals surface area contributed by atoms with Gasteiger partial charge in [0.25, 0.3) is 0 Å². The second-order valence-corrected chi connectivity index (χ2v) is 51.6. The van der Waals surface area contributed by atoms with E-state index in [0.717, 1.165) is 135 Å². The van der Waals surface area contributed by atoms with E-state index in [-0.39, 0.29) is 42.7 Å². The first kappa shape index (κ1) is 96.8. The lowest BCUT2D eigenvalue weighted by Gasteiger charge is -2.31. The lowest BCUT2D eigenvalue weighted by Crippen LogP contribution is -2.26. The number of aromatic nitrogens is 16. The predicted molar refractivity (Wildman–Crippen MR) is 587 cm³/mol. The van der Waals surface area contributed by atoms with E-state index in [1.807, 2.05) is 191 Å². The number of hydrogen-bond acceptors (Lipinski definition) is 23. The molecule has 16 aliphatic rings. The summed E-state index contributed by atoms with van der Waals surface area (Å²) >= 11 is 14.8. The van der Waals surface area contributed by atoms with Gasteiger partial charge in [0.15, 0.2) is 0 Å². The SMILES string of the molecule is O[C@@H]1CCCC([C@@H]2c3sccc3-c3cncn32)C1.O[C@@H]1CCCC([C@H]2c3sccc3-c3cncn32)C1.O[C@@H]1CCC[C@@H]([C@@H]2c3sccc3-c3cncn32)C1.O[C@@H]1CCC[C@H]([C@H]2c3sccc3-c3cncn32)C1.O[C@H]1CCCC([C@@H]2c3sccc3-c3cncn32)C1.O[C@H]1CCC[C@@H]([C@@H]2c3sccc3-c3cncn32)C1.O[C@H]1CCC[C@H]([C@H]2c3sccc3-c3cncn32)C1.c1ccc2c(c1)CCC([C@H]1c3sccc3-c3cncn31)C2. The number of aryl methyl sites for hydroxylation is 1. The van der Waals surface area contributed by atoms with Crippen molar-refractivity contribution in [2.45, 2.75) is 290 Å².